The summed E-state index contributed by atoms with van der Waals surface area (Å²) in [5, 5.41) is 3.40. The van der Waals surface area contributed by atoms with Gasteiger partial charge in [-0.25, -0.2) is 4.98 Å². The van der Waals surface area contributed by atoms with E-state index in [1.54, 1.807) is 0 Å². The fourth-order valence-electron chi connectivity index (χ4n) is 2.31. The highest BCUT2D eigenvalue weighted by Crippen LogP contribution is 2.14. The van der Waals surface area contributed by atoms with Crippen molar-refractivity contribution >= 4 is 11.8 Å². The number of esters is 1. The Hall–Kier alpha value is -1.58. The summed E-state index contributed by atoms with van der Waals surface area (Å²) in [5.74, 6) is 1.56. The van der Waals surface area contributed by atoms with Gasteiger partial charge in [0.15, 0.2) is 0 Å². The molecule has 0 saturated carbocycles. The Labute approximate surface area is 142 Å². The highest BCUT2D eigenvalue weighted by Gasteiger charge is 2.11. The molecule has 0 aliphatic rings. The molecule has 1 aromatic rings. The van der Waals surface area contributed by atoms with Crippen LogP contribution >= 0.6 is 0 Å². The number of carbonyl (C=O) groups excluding carboxylic acids is 1. The second-order valence-corrected chi connectivity index (χ2v) is 6.75. The summed E-state index contributed by atoms with van der Waals surface area (Å²) < 4.78 is 4.80. The molecule has 1 rings (SSSR count). The molecule has 0 amide bonds. The molecule has 0 atom stereocenters. The van der Waals surface area contributed by atoms with Gasteiger partial charge in [-0.2, -0.15) is 0 Å². The van der Waals surface area contributed by atoms with Gasteiger partial charge in [0.1, 0.15) is 11.4 Å². The first-order chi connectivity index (χ1) is 10.8. The number of nitrogens with zero attached hydrogens (tertiary/aromatic N) is 1. The SMILES string of the molecule is CC(=O)OC(C)(C)C.CCCC(CCC)CNc1ccccn1. The molecule has 0 saturated heterocycles. The lowest BCUT2D eigenvalue weighted by molar-refractivity contribution is -0.151. The Kier molecular flexibility index (Phi) is 11.1. The number of anilines is 1. The van der Waals surface area contributed by atoms with Crippen molar-refractivity contribution in [3.63, 3.8) is 0 Å². The van der Waals surface area contributed by atoms with Gasteiger partial charge in [-0.05, 0) is 51.7 Å². The summed E-state index contributed by atoms with van der Waals surface area (Å²) in [6.45, 7) is 12.5. The van der Waals surface area contributed by atoms with Crippen molar-refractivity contribution in [3.8, 4) is 0 Å². The van der Waals surface area contributed by atoms with Crippen molar-refractivity contribution in [2.24, 2.45) is 5.92 Å². The summed E-state index contributed by atoms with van der Waals surface area (Å²) in [5.41, 5.74) is -0.328. The summed E-state index contributed by atoms with van der Waals surface area (Å²) in [4.78, 5) is 14.5. The van der Waals surface area contributed by atoms with E-state index in [9.17, 15) is 4.79 Å². The molecule has 0 aliphatic carbocycles. The third kappa shape index (κ3) is 13.8. The van der Waals surface area contributed by atoms with Crippen LogP contribution in [0, 0.1) is 5.92 Å². The second kappa shape index (κ2) is 11.9. The summed E-state index contributed by atoms with van der Waals surface area (Å²) >= 11 is 0. The molecule has 0 radical (unpaired) electrons. The van der Waals surface area contributed by atoms with Gasteiger partial charge in [-0.3, -0.25) is 4.79 Å². The number of pyridine rings is 1. The van der Waals surface area contributed by atoms with Gasteiger partial charge >= 0.3 is 5.97 Å². The van der Waals surface area contributed by atoms with E-state index in [-0.39, 0.29) is 11.6 Å². The molecule has 132 valence electrons. The van der Waals surface area contributed by atoms with E-state index in [1.807, 2.05) is 45.2 Å². The molecule has 1 N–H and O–H groups in total. The van der Waals surface area contributed by atoms with E-state index in [1.165, 1.54) is 32.6 Å². The van der Waals surface area contributed by atoms with Gasteiger partial charge in [0.25, 0.3) is 0 Å². The van der Waals surface area contributed by atoms with Gasteiger partial charge < -0.3 is 10.1 Å². The molecule has 0 aromatic carbocycles. The van der Waals surface area contributed by atoms with Gasteiger partial charge in [-0.1, -0.05) is 32.8 Å². The minimum atomic E-state index is -0.328. The quantitative estimate of drug-likeness (QED) is 0.713. The van der Waals surface area contributed by atoms with Crippen LogP contribution in [0.25, 0.3) is 0 Å². The van der Waals surface area contributed by atoms with E-state index >= 15 is 0 Å². The number of hydrogen-bond acceptors (Lipinski definition) is 4. The van der Waals surface area contributed by atoms with Crippen LogP contribution in [0.3, 0.4) is 0 Å². The molecule has 4 nitrogen and oxygen atoms in total. The molecular weight excluding hydrogens is 288 g/mol. The maximum atomic E-state index is 10.2. The highest BCUT2D eigenvalue weighted by atomic mass is 16.6. The summed E-state index contributed by atoms with van der Waals surface area (Å²) in [6.07, 6.45) is 7.00. The number of carbonyl (C=O) groups is 1. The van der Waals surface area contributed by atoms with Crippen LogP contribution in [0.1, 0.15) is 67.2 Å². The molecule has 1 heterocycles. The fraction of sp³-hybridized carbons (Fsp3) is 0.684. The normalized spacial score (nSPS) is 10.7. The van der Waals surface area contributed by atoms with Crippen LogP contribution in [0.15, 0.2) is 24.4 Å². The third-order valence-corrected chi connectivity index (χ3v) is 3.08. The van der Waals surface area contributed by atoms with E-state index < -0.39 is 0 Å². The maximum absolute atomic E-state index is 10.2. The Bertz CT molecular complexity index is 407. The molecular formula is C19H34N2O2. The predicted molar refractivity (Wildman–Crippen MR) is 97.6 cm³/mol. The zero-order chi connectivity index (χ0) is 17.7. The van der Waals surface area contributed by atoms with Crippen LogP contribution in [-0.4, -0.2) is 23.1 Å². The van der Waals surface area contributed by atoms with E-state index in [2.05, 4.69) is 24.1 Å². The summed E-state index contributed by atoms with van der Waals surface area (Å²) in [7, 11) is 0. The lowest BCUT2D eigenvalue weighted by Crippen LogP contribution is -2.21. The minimum Gasteiger partial charge on any atom is -0.460 e. The number of rotatable bonds is 7. The number of aromatic nitrogens is 1. The molecule has 0 spiro atoms. The lowest BCUT2D eigenvalue weighted by Gasteiger charge is -2.17. The zero-order valence-corrected chi connectivity index (χ0v) is 15.7. The zero-order valence-electron chi connectivity index (χ0n) is 15.7. The first-order valence-electron chi connectivity index (χ1n) is 8.63. The third-order valence-electron chi connectivity index (χ3n) is 3.08. The Morgan fingerprint density at radius 3 is 2.17 bits per heavy atom. The summed E-state index contributed by atoms with van der Waals surface area (Å²) in [6, 6.07) is 5.99. The maximum Gasteiger partial charge on any atom is 0.303 e. The standard InChI is InChI=1S/C13H22N2.C6H12O2/c1-3-7-12(8-4-2)11-15-13-9-5-6-10-14-13;1-5(7)8-6(2,3)4/h5-6,9-10,12H,3-4,7-8,11H2,1-2H3,(H,14,15);1-4H3. The van der Waals surface area contributed by atoms with Crippen molar-refractivity contribution in [1.82, 2.24) is 4.98 Å². The van der Waals surface area contributed by atoms with E-state index in [0.717, 1.165) is 18.3 Å². The van der Waals surface area contributed by atoms with Crippen LogP contribution < -0.4 is 5.32 Å². The van der Waals surface area contributed by atoms with Crippen LogP contribution in [0.5, 0.6) is 0 Å². The molecule has 0 bridgehead atoms. The van der Waals surface area contributed by atoms with Crippen LogP contribution in [0.4, 0.5) is 5.82 Å². The van der Waals surface area contributed by atoms with Crippen molar-refractivity contribution in [1.29, 1.82) is 0 Å². The second-order valence-electron chi connectivity index (χ2n) is 6.75. The molecule has 4 heteroatoms. The number of ether oxygens (including phenoxy) is 1. The largest absolute Gasteiger partial charge is 0.460 e. The van der Waals surface area contributed by atoms with Crippen molar-refractivity contribution in [3.05, 3.63) is 24.4 Å². The molecule has 0 unspecified atom stereocenters. The van der Waals surface area contributed by atoms with Gasteiger partial charge in [0.2, 0.25) is 0 Å². The Balaban J connectivity index is 0.000000515. The van der Waals surface area contributed by atoms with Crippen molar-refractivity contribution in [2.75, 3.05) is 11.9 Å². The minimum absolute atomic E-state index is 0.225. The Morgan fingerprint density at radius 2 is 1.83 bits per heavy atom. The molecule has 23 heavy (non-hydrogen) atoms. The topological polar surface area (TPSA) is 51.2 Å². The number of hydrogen-bond donors (Lipinski definition) is 1. The van der Waals surface area contributed by atoms with Crippen molar-refractivity contribution < 1.29 is 9.53 Å². The average Bonchev–Trinajstić information content (AvgIpc) is 2.44. The van der Waals surface area contributed by atoms with E-state index in [4.69, 9.17) is 4.74 Å². The average molecular weight is 322 g/mol. The van der Waals surface area contributed by atoms with Crippen molar-refractivity contribution in [2.45, 2.75) is 72.8 Å². The number of nitrogens with one attached hydrogen (secondary N) is 1. The highest BCUT2D eigenvalue weighted by molar-refractivity contribution is 5.66. The lowest BCUT2D eigenvalue weighted by atomic mass is 9.98. The fourth-order valence-corrected chi connectivity index (χ4v) is 2.31. The monoisotopic (exact) mass is 322 g/mol. The molecule has 0 fully saturated rings. The van der Waals surface area contributed by atoms with E-state index in [0.29, 0.717) is 0 Å². The first-order valence-corrected chi connectivity index (χ1v) is 8.63. The van der Waals surface area contributed by atoms with Gasteiger partial charge in [0.05, 0.1) is 0 Å². The first kappa shape index (κ1) is 21.4. The predicted octanol–water partition coefficient (Wildman–Crippen LogP) is 5.06. The van der Waals surface area contributed by atoms with Gasteiger partial charge in [-0.15, -0.1) is 0 Å². The Morgan fingerprint density at radius 1 is 1.22 bits per heavy atom. The van der Waals surface area contributed by atoms with Crippen LogP contribution in [-0.2, 0) is 9.53 Å². The molecule has 0 aliphatic heterocycles. The smallest absolute Gasteiger partial charge is 0.303 e. The molecule has 1 aromatic heterocycles. The van der Waals surface area contributed by atoms with Gasteiger partial charge in [0, 0.05) is 19.7 Å². The van der Waals surface area contributed by atoms with Crippen LogP contribution in [0.2, 0.25) is 0 Å².